The average Bonchev–Trinajstić information content (AvgIpc) is 3.70. The lowest BCUT2D eigenvalue weighted by Gasteiger charge is -2.52. The normalized spacial score (nSPS) is 42.2. The zero-order valence-corrected chi connectivity index (χ0v) is 30.1. The molecule has 0 saturated carbocycles. The number of aliphatic hydroxyl groups excluding tert-OH is 3. The minimum absolute atomic E-state index is 0.335. The van der Waals surface area contributed by atoms with Gasteiger partial charge in [-0.3, -0.25) is 29.0 Å². The summed E-state index contributed by atoms with van der Waals surface area (Å²) >= 11 is 0. The molecule has 10 atom stereocenters. The predicted octanol–water partition coefficient (Wildman–Crippen LogP) is 0.511. The Hall–Kier alpha value is -3.19. The number of benzene rings is 2. The highest BCUT2D eigenvalue weighted by Gasteiger charge is 2.91. The van der Waals surface area contributed by atoms with Gasteiger partial charge in [0, 0.05) is 32.6 Å². The van der Waals surface area contributed by atoms with Crippen LogP contribution < -0.4 is 10.6 Å². The van der Waals surface area contributed by atoms with Crippen molar-refractivity contribution in [3.05, 3.63) is 59.7 Å². The van der Waals surface area contributed by atoms with E-state index in [1.54, 1.807) is 43.4 Å². The maximum absolute atomic E-state index is 15.3. The highest BCUT2D eigenvalue weighted by molar-refractivity contribution is 9.10. The van der Waals surface area contributed by atoms with E-state index in [4.69, 9.17) is 4.74 Å². The number of carbonyl (C=O) groups excluding carboxylic acids is 4. The summed E-state index contributed by atoms with van der Waals surface area (Å²) in [5.41, 5.74) is -3.90. The monoisotopic (exact) mass is 740 g/mol. The largest absolute Gasteiger partial charge is 0.394 e. The molecule has 1 unspecified atom stereocenters. The fourth-order valence-corrected chi connectivity index (χ4v) is 16.8. The summed E-state index contributed by atoms with van der Waals surface area (Å²) in [6, 6.07) is 13.0. The third-order valence-electron chi connectivity index (χ3n) is 12.6. The van der Waals surface area contributed by atoms with Crippen LogP contribution in [-0.4, -0.2) is 132 Å². The summed E-state index contributed by atoms with van der Waals surface area (Å²) in [4.78, 5) is 61.5. The Morgan fingerprint density at radius 1 is 0.820 bits per heavy atom. The molecule has 8 heterocycles. The Morgan fingerprint density at radius 3 is 1.94 bits per heavy atom. The molecule has 14 nitrogen and oxygen atoms in total. The molecule has 2 aromatic rings. The topological polar surface area (TPSA) is 175 Å². The lowest BCUT2D eigenvalue weighted by atomic mass is 9.51. The fraction of sp³-hybridized carbons (Fsp3) is 0.515. The number of likely N-dealkylation sites (N-methyl/N-ethyl adjacent to an activating group) is 2. The maximum atomic E-state index is 15.3. The number of methoxy groups -OCH3 is 1. The molecule has 10 rings (SSSR count). The van der Waals surface area contributed by atoms with Gasteiger partial charge in [0.15, 0.2) is 4.87 Å². The Labute approximate surface area is 299 Å². The van der Waals surface area contributed by atoms with Gasteiger partial charge in [-0.15, -0.1) is 0 Å². The number of fused-ring (bicyclic) bond motifs is 12. The fourth-order valence-electron chi connectivity index (χ4n) is 10.5. The molecule has 4 amide bonds. The number of anilines is 2. The summed E-state index contributed by atoms with van der Waals surface area (Å²) in [5.74, 6) is -2.63. The van der Waals surface area contributed by atoms with Crippen LogP contribution in [0.3, 0.4) is 0 Å². The van der Waals surface area contributed by atoms with Crippen LogP contribution in [0.5, 0.6) is 0 Å². The molecular formula is C33H36N6O8S3. The van der Waals surface area contributed by atoms with Crippen LogP contribution in [0.1, 0.15) is 25.0 Å². The number of hydrogen-bond donors (Lipinski definition) is 5. The molecule has 6 saturated heterocycles. The number of nitrogens with one attached hydrogen (secondary N) is 2. The molecule has 5 N–H and O–H groups in total. The van der Waals surface area contributed by atoms with Gasteiger partial charge in [0.05, 0.1) is 17.4 Å². The third kappa shape index (κ3) is 2.95. The van der Waals surface area contributed by atoms with Crippen molar-refractivity contribution >= 4 is 66.4 Å². The Kier molecular flexibility index (Phi) is 6.55. The van der Waals surface area contributed by atoms with Crippen molar-refractivity contribution in [2.45, 2.75) is 70.7 Å². The molecule has 8 aliphatic heterocycles. The Bertz CT molecular complexity index is 1920. The third-order valence-corrected chi connectivity index (χ3v) is 17.9. The average molecular weight is 741 g/mol. The van der Waals surface area contributed by atoms with E-state index < -0.39 is 81.2 Å². The minimum Gasteiger partial charge on any atom is -0.394 e. The van der Waals surface area contributed by atoms with E-state index in [-0.39, 0.29) is 11.8 Å². The molecule has 8 aliphatic rings. The number of rotatable bonds is 4. The highest BCUT2D eigenvalue weighted by atomic mass is 33.5. The van der Waals surface area contributed by atoms with E-state index in [1.807, 2.05) is 26.0 Å². The van der Waals surface area contributed by atoms with Gasteiger partial charge in [0.2, 0.25) is 4.87 Å². The van der Waals surface area contributed by atoms with E-state index in [0.717, 1.165) is 15.7 Å². The van der Waals surface area contributed by atoms with Crippen LogP contribution in [0.2, 0.25) is 0 Å². The van der Waals surface area contributed by atoms with Gasteiger partial charge in [-0.1, -0.05) is 50.2 Å². The number of amides is 4. The first-order valence-corrected chi connectivity index (χ1v) is 19.8. The summed E-state index contributed by atoms with van der Waals surface area (Å²) in [7, 11) is 7.85. The van der Waals surface area contributed by atoms with Crippen molar-refractivity contribution in [2.24, 2.45) is 5.92 Å². The molecule has 0 radical (unpaired) electrons. The molecule has 0 aromatic heterocycles. The number of para-hydroxylation sites is 2. The van der Waals surface area contributed by atoms with Crippen molar-refractivity contribution in [3.8, 4) is 0 Å². The Balaban J connectivity index is 1.43. The molecule has 2 aromatic carbocycles. The Morgan fingerprint density at radius 2 is 1.38 bits per heavy atom. The summed E-state index contributed by atoms with van der Waals surface area (Å²) in [6.07, 6.45) is -6.00. The van der Waals surface area contributed by atoms with Crippen LogP contribution in [0, 0.1) is 5.92 Å². The number of nitrogens with zero attached hydrogens (tertiary/aromatic N) is 4. The lowest BCUT2D eigenvalue weighted by Crippen LogP contribution is -2.75. The van der Waals surface area contributed by atoms with E-state index in [0.29, 0.717) is 22.5 Å². The predicted molar refractivity (Wildman–Crippen MR) is 186 cm³/mol. The smallest absolute Gasteiger partial charge is 0.279 e. The first kappa shape index (κ1) is 32.7. The maximum Gasteiger partial charge on any atom is 0.279 e. The lowest BCUT2D eigenvalue weighted by molar-refractivity contribution is -0.218. The molecule has 264 valence electrons. The number of ether oxygens (including phenoxy) is 1. The van der Waals surface area contributed by atoms with Crippen LogP contribution in [0.4, 0.5) is 11.4 Å². The summed E-state index contributed by atoms with van der Waals surface area (Å²) in [6.45, 7) is 3.08. The summed E-state index contributed by atoms with van der Waals surface area (Å²) in [5, 5.41) is 44.1. The second kappa shape index (κ2) is 10.0. The van der Waals surface area contributed by atoms with Gasteiger partial charge in [-0.25, -0.2) is 0 Å². The van der Waals surface area contributed by atoms with E-state index in [9.17, 15) is 24.9 Å². The van der Waals surface area contributed by atoms with Gasteiger partial charge in [-0.2, -0.15) is 0 Å². The van der Waals surface area contributed by atoms with E-state index in [2.05, 4.69) is 10.6 Å². The minimum atomic E-state index is -2.32. The van der Waals surface area contributed by atoms with Crippen LogP contribution >= 0.6 is 31.4 Å². The molecular weight excluding hydrogens is 705 g/mol. The number of piperazine rings is 2. The first-order valence-electron chi connectivity index (χ1n) is 16.3. The van der Waals surface area contributed by atoms with Gasteiger partial charge < -0.3 is 40.5 Å². The van der Waals surface area contributed by atoms with E-state index in [1.165, 1.54) is 49.5 Å². The van der Waals surface area contributed by atoms with Crippen molar-refractivity contribution < 1.29 is 39.2 Å². The van der Waals surface area contributed by atoms with Crippen molar-refractivity contribution in [3.63, 3.8) is 0 Å². The van der Waals surface area contributed by atoms with Gasteiger partial charge in [0.25, 0.3) is 29.4 Å². The van der Waals surface area contributed by atoms with Crippen molar-refractivity contribution in [1.82, 2.24) is 19.6 Å². The van der Waals surface area contributed by atoms with Gasteiger partial charge in [0.1, 0.15) is 30.6 Å². The number of hydrogen-bond acceptors (Lipinski definition) is 13. The summed E-state index contributed by atoms with van der Waals surface area (Å²) < 4.78 is 6.04. The van der Waals surface area contributed by atoms with Crippen LogP contribution in [-0.2, 0) is 34.7 Å². The second-order valence-corrected chi connectivity index (χ2v) is 18.6. The van der Waals surface area contributed by atoms with Gasteiger partial charge in [-0.05, 0) is 60.6 Å². The standard InChI is InChI=1S/C33H36N6O8S3/c1-15(2)32-28(46)39-25-30(17-11-7-9-13-19(17)35-25,23(43)33(39,49-50-48-32)27(45)37(32)4)29-16-10-6-8-12-18(16)34-24(29)38-21(41)20(14-40)36(3)26(44)31(38,47-5)22(29)42/h6-13,15,20,22-25,34-35,40,42-43H,14H2,1-5H3/t20-,22+,23+,24-,25?,29-,30-,31-,32-,33-/m0/s1. The van der Waals surface area contributed by atoms with Crippen LogP contribution in [0.15, 0.2) is 48.5 Å². The molecule has 2 bridgehead atoms. The zero-order chi connectivity index (χ0) is 35.5. The molecule has 6 fully saturated rings. The molecule has 17 heteroatoms. The SMILES string of the molecule is CO[C@@]12C(=O)N(C)[C@@H](CO)C(=O)N1[C@@H]1Nc3ccccc3[C@]1([C@]13c4ccccc4NC1N1C(=O)[C@]4(C(C)C)SSS[C@]1(C(=O)N4C)[C@@H]3O)[C@H]2O. The van der Waals surface area contributed by atoms with Crippen molar-refractivity contribution in [1.29, 1.82) is 0 Å². The highest BCUT2D eigenvalue weighted by Crippen LogP contribution is 2.76. The quantitative estimate of drug-likeness (QED) is 0.275. The second-order valence-electron chi connectivity index (χ2n) is 14.3. The van der Waals surface area contributed by atoms with E-state index >= 15 is 9.59 Å². The number of aliphatic hydroxyl groups is 3. The zero-order valence-electron chi connectivity index (χ0n) is 27.7. The first-order chi connectivity index (χ1) is 23.8. The van der Waals surface area contributed by atoms with Crippen LogP contribution in [0.25, 0.3) is 0 Å². The molecule has 50 heavy (non-hydrogen) atoms. The van der Waals surface area contributed by atoms with Gasteiger partial charge >= 0.3 is 0 Å². The molecule has 1 spiro atoms. The number of carbonyl (C=O) groups is 4. The molecule has 0 aliphatic carbocycles. The van der Waals surface area contributed by atoms with Crippen molar-refractivity contribution in [2.75, 3.05) is 38.4 Å².